The van der Waals surface area contributed by atoms with Crippen molar-refractivity contribution in [2.24, 2.45) is 0 Å². The zero-order chi connectivity index (χ0) is 14.8. The van der Waals surface area contributed by atoms with Crippen molar-refractivity contribution >= 4 is 29.3 Å². The average Bonchev–Trinajstić information content (AvgIpc) is 2.74. The van der Waals surface area contributed by atoms with Gasteiger partial charge in [-0.05, 0) is 31.5 Å². The molecule has 0 spiro atoms. The van der Waals surface area contributed by atoms with E-state index in [0.29, 0.717) is 18.9 Å². The summed E-state index contributed by atoms with van der Waals surface area (Å²) in [6.45, 7) is 2.95. The highest BCUT2D eigenvalue weighted by molar-refractivity contribution is 6.31. The predicted molar refractivity (Wildman–Crippen MR) is 74.4 cm³/mol. The molecule has 0 aromatic heterocycles. The van der Waals surface area contributed by atoms with Gasteiger partial charge >= 0.3 is 12.0 Å². The number of rotatable bonds is 3. The molecule has 1 aromatic carbocycles. The molecule has 7 heteroatoms. The van der Waals surface area contributed by atoms with E-state index in [-0.39, 0.29) is 10.6 Å². The molecule has 2 rings (SSSR count). The maximum absolute atomic E-state index is 11.9. The molecule has 20 heavy (non-hydrogen) atoms. The van der Waals surface area contributed by atoms with Crippen LogP contribution in [-0.4, -0.2) is 35.9 Å². The summed E-state index contributed by atoms with van der Waals surface area (Å²) < 4.78 is 5.24. The Hall–Kier alpha value is -1.79. The van der Waals surface area contributed by atoms with Crippen LogP contribution >= 0.6 is 11.6 Å². The molecule has 0 saturated carbocycles. The van der Waals surface area contributed by atoms with E-state index < -0.39 is 17.5 Å². The number of carboxylic acids is 1. The van der Waals surface area contributed by atoms with Crippen molar-refractivity contribution in [3.63, 3.8) is 0 Å². The number of carbonyl (C=O) groups is 2. The number of hydrogen-bond donors (Lipinski definition) is 3. The van der Waals surface area contributed by atoms with Gasteiger partial charge in [-0.3, -0.25) is 0 Å². The summed E-state index contributed by atoms with van der Waals surface area (Å²) >= 11 is 5.82. The second kappa shape index (κ2) is 5.68. The summed E-state index contributed by atoms with van der Waals surface area (Å²) in [4.78, 5) is 22.8. The summed E-state index contributed by atoms with van der Waals surface area (Å²) in [7, 11) is 0. The van der Waals surface area contributed by atoms with E-state index in [1.807, 2.05) is 6.92 Å². The Bertz CT molecular complexity index is 541. The summed E-state index contributed by atoms with van der Waals surface area (Å²) in [6.07, 6.45) is 0.732. The Kier molecular flexibility index (Phi) is 4.15. The van der Waals surface area contributed by atoms with Crippen molar-refractivity contribution in [1.29, 1.82) is 0 Å². The number of nitrogens with one attached hydrogen (secondary N) is 2. The quantitative estimate of drug-likeness (QED) is 0.799. The largest absolute Gasteiger partial charge is 0.478 e. The first-order valence-electron chi connectivity index (χ1n) is 6.09. The highest BCUT2D eigenvalue weighted by Crippen LogP contribution is 2.20. The normalized spacial score (nSPS) is 21.5. The van der Waals surface area contributed by atoms with Crippen LogP contribution in [-0.2, 0) is 4.74 Å². The van der Waals surface area contributed by atoms with Gasteiger partial charge in [-0.25, -0.2) is 9.59 Å². The topological polar surface area (TPSA) is 87.7 Å². The molecule has 1 saturated heterocycles. The minimum absolute atomic E-state index is 0.0169. The van der Waals surface area contributed by atoms with E-state index in [9.17, 15) is 9.59 Å². The third-order valence-electron chi connectivity index (χ3n) is 3.04. The highest BCUT2D eigenvalue weighted by atomic mass is 35.5. The lowest BCUT2D eigenvalue weighted by Gasteiger charge is -2.23. The standard InChI is InChI=1S/C13H15ClN2O4/c1-13(2-3-20-7-13)16-12(19)15-10-5-8(11(17)18)4-9(14)6-10/h4-6H,2-3,7H2,1H3,(H,17,18)(H2,15,16,19). The number of anilines is 1. The lowest BCUT2D eigenvalue weighted by Crippen LogP contribution is -2.48. The van der Waals surface area contributed by atoms with Crippen LogP contribution in [0.1, 0.15) is 23.7 Å². The van der Waals surface area contributed by atoms with Crippen LogP contribution < -0.4 is 10.6 Å². The highest BCUT2D eigenvalue weighted by Gasteiger charge is 2.31. The molecule has 0 bridgehead atoms. The molecule has 1 atom stereocenters. The van der Waals surface area contributed by atoms with Crippen LogP contribution in [0, 0.1) is 0 Å². The molecule has 0 radical (unpaired) electrons. The van der Waals surface area contributed by atoms with E-state index in [1.165, 1.54) is 18.2 Å². The molecule has 1 fully saturated rings. The molecule has 1 aliphatic heterocycles. The molecule has 3 N–H and O–H groups in total. The third kappa shape index (κ3) is 3.61. The van der Waals surface area contributed by atoms with Crippen molar-refractivity contribution < 1.29 is 19.4 Å². The predicted octanol–water partition coefficient (Wildman–Crippen LogP) is 2.34. The Morgan fingerprint density at radius 1 is 1.40 bits per heavy atom. The average molecular weight is 299 g/mol. The first kappa shape index (κ1) is 14.6. The Balaban J connectivity index is 2.05. The van der Waals surface area contributed by atoms with Crippen molar-refractivity contribution in [1.82, 2.24) is 5.32 Å². The van der Waals surface area contributed by atoms with Crippen molar-refractivity contribution in [3.05, 3.63) is 28.8 Å². The second-order valence-corrected chi connectivity index (χ2v) is 5.41. The smallest absolute Gasteiger partial charge is 0.335 e. The van der Waals surface area contributed by atoms with Crippen LogP contribution in [0.5, 0.6) is 0 Å². The van der Waals surface area contributed by atoms with Gasteiger partial charge in [0.2, 0.25) is 0 Å². The number of halogens is 1. The maximum atomic E-state index is 11.9. The number of carbonyl (C=O) groups excluding carboxylic acids is 1. The first-order valence-corrected chi connectivity index (χ1v) is 6.47. The van der Waals surface area contributed by atoms with Crippen molar-refractivity contribution in [3.8, 4) is 0 Å². The van der Waals surface area contributed by atoms with Gasteiger partial charge < -0.3 is 20.5 Å². The van der Waals surface area contributed by atoms with E-state index in [4.69, 9.17) is 21.4 Å². The van der Waals surface area contributed by atoms with Gasteiger partial charge in [0.25, 0.3) is 0 Å². The van der Waals surface area contributed by atoms with Crippen LogP contribution in [0.4, 0.5) is 10.5 Å². The molecule has 6 nitrogen and oxygen atoms in total. The minimum Gasteiger partial charge on any atom is -0.478 e. The fourth-order valence-corrected chi connectivity index (χ4v) is 2.22. The summed E-state index contributed by atoms with van der Waals surface area (Å²) in [6, 6.07) is 3.73. The van der Waals surface area contributed by atoms with Crippen LogP contribution in [0.3, 0.4) is 0 Å². The maximum Gasteiger partial charge on any atom is 0.335 e. The van der Waals surface area contributed by atoms with Gasteiger partial charge in [0, 0.05) is 17.3 Å². The fourth-order valence-electron chi connectivity index (χ4n) is 1.99. The van der Waals surface area contributed by atoms with Crippen molar-refractivity contribution in [2.75, 3.05) is 18.5 Å². The van der Waals surface area contributed by atoms with E-state index >= 15 is 0 Å². The van der Waals surface area contributed by atoms with Crippen LogP contribution in [0.15, 0.2) is 18.2 Å². The summed E-state index contributed by atoms with van der Waals surface area (Å²) in [5, 5.41) is 14.6. The second-order valence-electron chi connectivity index (χ2n) is 4.98. The Morgan fingerprint density at radius 2 is 2.15 bits per heavy atom. The van der Waals surface area contributed by atoms with Crippen LogP contribution in [0.25, 0.3) is 0 Å². The van der Waals surface area contributed by atoms with Gasteiger partial charge in [-0.2, -0.15) is 0 Å². The number of hydrogen-bond acceptors (Lipinski definition) is 3. The number of aromatic carboxylic acids is 1. The molecule has 1 aromatic rings. The lowest BCUT2D eigenvalue weighted by atomic mass is 10.0. The number of carboxylic acid groups (broad SMARTS) is 1. The van der Waals surface area contributed by atoms with E-state index in [1.54, 1.807) is 0 Å². The summed E-state index contributed by atoms with van der Waals surface area (Å²) in [5.74, 6) is -1.10. The molecule has 108 valence electrons. The zero-order valence-corrected chi connectivity index (χ0v) is 11.7. The van der Waals surface area contributed by atoms with Gasteiger partial charge in [0.15, 0.2) is 0 Å². The van der Waals surface area contributed by atoms with Crippen LogP contribution in [0.2, 0.25) is 5.02 Å². The first-order chi connectivity index (χ1) is 9.38. The molecular formula is C13H15ClN2O4. The fraction of sp³-hybridized carbons (Fsp3) is 0.385. The van der Waals surface area contributed by atoms with Crippen molar-refractivity contribution in [2.45, 2.75) is 18.9 Å². The number of ether oxygens (including phenoxy) is 1. The third-order valence-corrected chi connectivity index (χ3v) is 3.25. The monoisotopic (exact) mass is 298 g/mol. The molecule has 1 aliphatic rings. The molecule has 1 heterocycles. The molecule has 1 unspecified atom stereocenters. The minimum atomic E-state index is -1.10. The van der Waals surface area contributed by atoms with Gasteiger partial charge in [-0.15, -0.1) is 0 Å². The van der Waals surface area contributed by atoms with Gasteiger partial charge in [0.05, 0.1) is 17.7 Å². The molecular weight excluding hydrogens is 284 g/mol. The number of urea groups is 1. The van der Waals surface area contributed by atoms with Gasteiger partial charge in [0.1, 0.15) is 0 Å². The Morgan fingerprint density at radius 3 is 2.75 bits per heavy atom. The zero-order valence-electron chi connectivity index (χ0n) is 10.9. The lowest BCUT2D eigenvalue weighted by molar-refractivity contribution is 0.0697. The Labute approximate surface area is 121 Å². The molecule has 0 aliphatic carbocycles. The van der Waals surface area contributed by atoms with E-state index in [0.717, 1.165) is 6.42 Å². The molecule has 2 amide bonds. The number of benzene rings is 1. The van der Waals surface area contributed by atoms with E-state index in [2.05, 4.69) is 10.6 Å². The van der Waals surface area contributed by atoms with Gasteiger partial charge in [-0.1, -0.05) is 11.6 Å². The SMILES string of the molecule is CC1(NC(=O)Nc2cc(Cl)cc(C(=O)O)c2)CCOC1. The summed E-state index contributed by atoms with van der Waals surface area (Å²) in [5.41, 5.74) is -0.0590. The number of amides is 2.